The van der Waals surface area contributed by atoms with Gasteiger partial charge in [-0.15, -0.1) is 0 Å². The Hall–Kier alpha value is -2.01. The quantitative estimate of drug-likeness (QED) is 0.858. The van der Waals surface area contributed by atoms with Gasteiger partial charge in [0.1, 0.15) is 5.76 Å². The molecular weight excluding hydrogens is 278 g/mol. The molecule has 1 heterocycles. The molecule has 1 aromatic heterocycles. The Labute approximate surface area is 122 Å². The third-order valence-corrected chi connectivity index (χ3v) is 2.92. The predicted octanol–water partition coefficient (Wildman–Crippen LogP) is 2.41. The van der Waals surface area contributed by atoms with E-state index < -0.39 is 0 Å². The van der Waals surface area contributed by atoms with E-state index in [1.165, 1.54) is 0 Å². The number of rotatable bonds is 6. The van der Waals surface area contributed by atoms with Gasteiger partial charge >= 0.3 is 0 Å². The summed E-state index contributed by atoms with van der Waals surface area (Å²) < 4.78 is 4.89. The molecule has 0 radical (unpaired) electrons. The minimum Gasteiger partial charge on any atom is -0.360 e. The fourth-order valence-corrected chi connectivity index (χ4v) is 1.93. The molecule has 5 nitrogen and oxygen atoms in total. The van der Waals surface area contributed by atoms with Gasteiger partial charge in [-0.05, 0) is 31.0 Å². The summed E-state index contributed by atoms with van der Waals surface area (Å²) in [7, 11) is 0. The maximum atomic E-state index is 11.6. The van der Waals surface area contributed by atoms with Crippen molar-refractivity contribution in [3.05, 3.63) is 46.7 Å². The lowest BCUT2D eigenvalue weighted by Gasteiger charge is -2.06. The van der Waals surface area contributed by atoms with Crippen LogP contribution in [0, 0.1) is 6.92 Å². The van der Waals surface area contributed by atoms with Crippen LogP contribution in [0.1, 0.15) is 11.3 Å². The molecule has 2 N–H and O–H groups in total. The van der Waals surface area contributed by atoms with Crippen LogP contribution in [0.5, 0.6) is 0 Å². The number of nitrogens with one attached hydrogen (secondary N) is 2. The van der Waals surface area contributed by atoms with E-state index in [1.54, 1.807) is 13.0 Å². The largest absolute Gasteiger partial charge is 0.360 e. The van der Waals surface area contributed by atoms with Crippen molar-refractivity contribution in [2.75, 3.05) is 18.4 Å². The van der Waals surface area contributed by atoms with E-state index in [-0.39, 0.29) is 12.5 Å². The van der Waals surface area contributed by atoms with Gasteiger partial charge in [-0.25, -0.2) is 0 Å². The third-order valence-electron chi connectivity index (χ3n) is 2.68. The van der Waals surface area contributed by atoms with E-state index in [1.807, 2.05) is 24.3 Å². The average Bonchev–Trinajstić information content (AvgIpc) is 2.82. The molecule has 1 amide bonds. The minimum atomic E-state index is -0.0901. The Kier molecular flexibility index (Phi) is 5.01. The lowest BCUT2D eigenvalue weighted by atomic mass is 10.1. The molecule has 0 aliphatic carbocycles. The zero-order valence-electron chi connectivity index (χ0n) is 11.1. The van der Waals surface area contributed by atoms with Crippen LogP contribution in [0.25, 0.3) is 0 Å². The van der Waals surface area contributed by atoms with Crippen LogP contribution in [-0.2, 0) is 11.2 Å². The number of aryl methyl sites for hydroxylation is 1. The van der Waals surface area contributed by atoms with Crippen LogP contribution in [-0.4, -0.2) is 24.2 Å². The number of benzene rings is 1. The van der Waals surface area contributed by atoms with Gasteiger partial charge in [0.25, 0.3) is 0 Å². The van der Waals surface area contributed by atoms with Gasteiger partial charge < -0.3 is 15.2 Å². The lowest BCUT2D eigenvalue weighted by Crippen LogP contribution is -2.31. The fourth-order valence-electron chi connectivity index (χ4n) is 1.72. The summed E-state index contributed by atoms with van der Waals surface area (Å²) >= 11 is 5.89. The van der Waals surface area contributed by atoms with Gasteiger partial charge in [0, 0.05) is 17.6 Å². The van der Waals surface area contributed by atoms with Crippen molar-refractivity contribution < 1.29 is 9.32 Å². The number of nitrogens with zero attached hydrogens (tertiary/aromatic N) is 1. The average molecular weight is 294 g/mol. The van der Waals surface area contributed by atoms with Crippen LogP contribution < -0.4 is 10.6 Å². The second-order valence-corrected chi connectivity index (χ2v) is 4.84. The molecule has 6 heteroatoms. The van der Waals surface area contributed by atoms with Crippen LogP contribution >= 0.6 is 11.6 Å². The first kappa shape index (κ1) is 14.4. The topological polar surface area (TPSA) is 67.2 Å². The van der Waals surface area contributed by atoms with E-state index in [0.29, 0.717) is 23.1 Å². The fraction of sp³-hybridized carbons (Fsp3) is 0.286. The van der Waals surface area contributed by atoms with Crippen molar-refractivity contribution in [1.29, 1.82) is 0 Å². The lowest BCUT2D eigenvalue weighted by molar-refractivity contribution is -0.119. The zero-order chi connectivity index (χ0) is 14.4. The highest BCUT2D eigenvalue weighted by atomic mass is 35.5. The van der Waals surface area contributed by atoms with Gasteiger partial charge in [-0.3, -0.25) is 4.79 Å². The van der Waals surface area contributed by atoms with Gasteiger partial charge in [0.2, 0.25) is 5.91 Å². The van der Waals surface area contributed by atoms with Crippen LogP contribution in [0.2, 0.25) is 5.02 Å². The maximum Gasteiger partial charge on any atom is 0.239 e. The number of hydrogen-bond donors (Lipinski definition) is 2. The van der Waals surface area contributed by atoms with Crippen molar-refractivity contribution in [2.24, 2.45) is 0 Å². The van der Waals surface area contributed by atoms with E-state index >= 15 is 0 Å². The van der Waals surface area contributed by atoms with Crippen LogP contribution in [0.15, 0.2) is 34.9 Å². The summed E-state index contributed by atoms with van der Waals surface area (Å²) in [6.07, 6.45) is 0.745. The Morgan fingerprint density at radius 2 is 2.25 bits per heavy atom. The molecule has 2 aromatic rings. The van der Waals surface area contributed by atoms with Crippen molar-refractivity contribution in [3.8, 4) is 0 Å². The summed E-state index contributed by atoms with van der Waals surface area (Å²) in [6, 6.07) is 9.33. The van der Waals surface area contributed by atoms with Crippen LogP contribution in [0.3, 0.4) is 0 Å². The SMILES string of the molecule is Cc1cc(NCC(=O)NCCc2cccc(Cl)c2)no1. The minimum absolute atomic E-state index is 0.0901. The standard InChI is InChI=1S/C14H16ClN3O2/c1-10-7-13(18-20-10)17-9-14(19)16-6-5-11-3-2-4-12(15)8-11/h2-4,7-8H,5-6,9H2,1H3,(H,16,19)(H,17,18). The molecular formula is C14H16ClN3O2. The Bertz CT molecular complexity index is 583. The number of anilines is 1. The number of halogens is 1. The summed E-state index contributed by atoms with van der Waals surface area (Å²) in [6.45, 7) is 2.53. The van der Waals surface area contributed by atoms with Gasteiger partial charge in [-0.2, -0.15) is 0 Å². The molecule has 2 rings (SSSR count). The van der Waals surface area contributed by atoms with E-state index in [4.69, 9.17) is 16.1 Å². The molecule has 0 bridgehead atoms. The molecule has 0 spiro atoms. The number of amides is 1. The predicted molar refractivity (Wildman–Crippen MR) is 77.9 cm³/mol. The molecule has 1 aromatic carbocycles. The summed E-state index contributed by atoms with van der Waals surface area (Å²) in [5.74, 6) is 1.18. The maximum absolute atomic E-state index is 11.6. The van der Waals surface area contributed by atoms with E-state index in [9.17, 15) is 4.79 Å². The molecule has 0 aliphatic rings. The highest BCUT2D eigenvalue weighted by molar-refractivity contribution is 6.30. The molecule has 106 valence electrons. The number of carbonyl (C=O) groups excluding carboxylic acids is 1. The monoisotopic (exact) mass is 293 g/mol. The highest BCUT2D eigenvalue weighted by Crippen LogP contribution is 2.10. The van der Waals surface area contributed by atoms with E-state index in [0.717, 1.165) is 12.0 Å². The highest BCUT2D eigenvalue weighted by Gasteiger charge is 2.04. The van der Waals surface area contributed by atoms with Crippen LogP contribution in [0.4, 0.5) is 5.82 Å². The molecule has 0 saturated heterocycles. The first-order valence-corrected chi connectivity index (χ1v) is 6.69. The zero-order valence-corrected chi connectivity index (χ0v) is 11.9. The first-order valence-electron chi connectivity index (χ1n) is 6.32. The third kappa shape index (κ3) is 4.59. The number of carbonyl (C=O) groups is 1. The Balaban J connectivity index is 1.67. The van der Waals surface area contributed by atoms with Crippen molar-refractivity contribution in [3.63, 3.8) is 0 Å². The van der Waals surface area contributed by atoms with Crippen molar-refractivity contribution >= 4 is 23.3 Å². The van der Waals surface area contributed by atoms with Gasteiger partial charge in [-0.1, -0.05) is 28.9 Å². The molecule has 0 unspecified atom stereocenters. The summed E-state index contributed by atoms with van der Waals surface area (Å²) in [5, 5.41) is 10.2. The molecule has 0 atom stereocenters. The van der Waals surface area contributed by atoms with Crippen molar-refractivity contribution in [2.45, 2.75) is 13.3 Å². The Morgan fingerprint density at radius 3 is 2.95 bits per heavy atom. The molecule has 0 fully saturated rings. The first-order chi connectivity index (χ1) is 9.63. The second-order valence-electron chi connectivity index (χ2n) is 4.41. The molecule has 0 aliphatic heterocycles. The van der Waals surface area contributed by atoms with Gasteiger partial charge in [0.15, 0.2) is 5.82 Å². The smallest absolute Gasteiger partial charge is 0.239 e. The Morgan fingerprint density at radius 1 is 1.40 bits per heavy atom. The molecule has 0 saturated carbocycles. The second kappa shape index (κ2) is 6.96. The summed E-state index contributed by atoms with van der Waals surface area (Å²) in [4.78, 5) is 11.6. The normalized spacial score (nSPS) is 10.3. The van der Waals surface area contributed by atoms with Gasteiger partial charge in [0.05, 0.1) is 6.54 Å². The number of aromatic nitrogens is 1. The number of hydrogen-bond acceptors (Lipinski definition) is 4. The van der Waals surface area contributed by atoms with E-state index in [2.05, 4.69) is 15.8 Å². The van der Waals surface area contributed by atoms with Crippen molar-refractivity contribution in [1.82, 2.24) is 10.5 Å². The summed E-state index contributed by atoms with van der Waals surface area (Å²) in [5.41, 5.74) is 1.10. The molecule has 20 heavy (non-hydrogen) atoms.